The average molecular weight is 153 g/mol. The van der Waals surface area contributed by atoms with Crippen LogP contribution in [-0.2, 0) is 4.79 Å². The summed E-state index contributed by atoms with van der Waals surface area (Å²) in [6.45, 7) is 5.59. The lowest BCUT2D eigenvalue weighted by Crippen LogP contribution is -2.43. The van der Waals surface area contributed by atoms with Crippen molar-refractivity contribution in [1.82, 2.24) is 5.32 Å². The third-order valence-corrected chi connectivity index (χ3v) is 2.34. The molecule has 0 saturated heterocycles. The molecular weight excluding hydrogens is 138 g/mol. The summed E-state index contributed by atoms with van der Waals surface area (Å²) in [5.74, 6) is 0.801. The van der Waals surface area contributed by atoms with Crippen LogP contribution in [-0.4, -0.2) is 11.9 Å². The molecule has 2 heteroatoms. The summed E-state index contributed by atoms with van der Waals surface area (Å²) in [5.41, 5.74) is 0. The largest absolute Gasteiger partial charge is 0.350 e. The molecule has 0 aromatic carbocycles. The van der Waals surface area contributed by atoms with Crippen molar-refractivity contribution in [2.75, 3.05) is 0 Å². The third-order valence-electron chi connectivity index (χ3n) is 2.34. The minimum atomic E-state index is -0.0375. The van der Waals surface area contributed by atoms with Gasteiger partial charge in [-0.3, -0.25) is 4.79 Å². The van der Waals surface area contributed by atoms with Crippen LogP contribution in [0.1, 0.15) is 26.2 Å². The molecule has 1 aliphatic carbocycles. The summed E-state index contributed by atoms with van der Waals surface area (Å²) in [7, 11) is 0. The van der Waals surface area contributed by atoms with E-state index in [1.165, 1.54) is 12.5 Å². The fourth-order valence-electron chi connectivity index (χ4n) is 1.45. The predicted molar refractivity (Wildman–Crippen MR) is 45.1 cm³/mol. The van der Waals surface area contributed by atoms with Gasteiger partial charge in [0.1, 0.15) is 0 Å². The molecule has 0 aromatic rings. The monoisotopic (exact) mass is 153 g/mol. The van der Waals surface area contributed by atoms with Crippen LogP contribution < -0.4 is 5.32 Å². The van der Waals surface area contributed by atoms with E-state index in [2.05, 4.69) is 18.8 Å². The molecule has 1 amide bonds. The Hall–Kier alpha value is -0.790. The van der Waals surface area contributed by atoms with Crippen molar-refractivity contribution in [2.45, 2.75) is 32.2 Å². The highest BCUT2D eigenvalue weighted by molar-refractivity contribution is 5.87. The zero-order valence-electron chi connectivity index (χ0n) is 6.97. The van der Waals surface area contributed by atoms with Gasteiger partial charge in [-0.05, 0) is 24.8 Å². The zero-order valence-corrected chi connectivity index (χ0v) is 6.97. The van der Waals surface area contributed by atoms with Gasteiger partial charge in [-0.15, -0.1) is 0 Å². The highest BCUT2D eigenvalue weighted by Gasteiger charge is 2.27. The topological polar surface area (TPSA) is 29.1 Å². The smallest absolute Gasteiger partial charge is 0.243 e. The highest BCUT2D eigenvalue weighted by atomic mass is 16.1. The second-order valence-electron chi connectivity index (χ2n) is 3.16. The Morgan fingerprint density at radius 3 is 2.82 bits per heavy atom. The lowest BCUT2D eigenvalue weighted by molar-refractivity contribution is -0.118. The van der Waals surface area contributed by atoms with Gasteiger partial charge in [0.05, 0.1) is 0 Å². The van der Waals surface area contributed by atoms with E-state index in [-0.39, 0.29) is 5.91 Å². The Kier molecular flexibility index (Phi) is 2.69. The normalized spacial score (nSPS) is 28.8. The number of nitrogens with one attached hydrogen (secondary N) is 1. The maximum Gasteiger partial charge on any atom is 0.243 e. The minimum Gasteiger partial charge on any atom is -0.350 e. The maximum absolute atomic E-state index is 10.8. The molecule has 1 fully saturated rings. The van der Waals surface area contributed by atoms with Crippen molar-refractivity contribution in [3.63, 3.8) is 0 Å². The summed E-state index contributed by atoms with van der Waals surface area (Å²) in [6.07, 6.45) is 4.87. The molecule has 0 radical (unpaired) electrons. The number of rotatable bonds is 3. The van der Waals surface area contributed by atoms with Gasteiger partial charge in [0.15, 0.2) is 0 Å². The van der Waals surface area contributed by atoms with Crippen molar-refractivity contribution >= 4 is 5.91 Å². The van der Waals surface area contributed by atoms with Gasteiger partial charge in [-0.2, -0.15) is 0 Å². The Balaban J connectivity index is 2.13. The molecule has 0 bridgehead atoms. The molecule has 0 aromatic heterocycles. The highest BCUT2D eigenvalue weighted by Crippen LogP contribution is 2.29. The number of hydrogen-bond donors (Lipinski definition) is 1. The van der Waals surface area contributed by atoms with E-state index in [1.54, 1.807) is 0 Å². The first kappa shape index (κ1) is 8.31. The lowest BCUT2D eigenvalue weighted by Gasteiger charge is -2.34. The quantitative estimate of drug-likeness (QED) is 0.611. The Morgan fingerprint density at radius 1 is 1.73 bits per heavy atom. The molecule has 0 aliphatic heterocycles. The van der Waals surface area contributed by atoms with Gasteiger partial charge < -0.3 is 5.32 Å². The Bertz CT molecular complexity index is 159. The molecule has 1 N–H and O–H groups in total. The van der Waals surface area contributed by atoms with E-state index < -0.39 is 0 Å². The molecule has 0 atom stereocenters. The van der Waals surface area contributed by atoms with Crippen LogP contribution in [0.15, 0.2) is 12.7 Å². The van der Waals surface area contributed by atoms with E-state index in [1.807, 2.05) is 0 Å². The van der Waals surface area contributed by atoms with Gasteiger partial charge >= 0.3 is 0 Å². The van der Waals surface area contributed by atoms with E-state index >= 15 is 0 Å². The standard InChI is InChI=1S/C9H15NO/c1-3-7-5-8(6-7)10-9(11)4-2/h4,7-8H,2-3,5-6H2,1H3,(H,10,11)/t7-,8-. The SMILES string of the molecule is C=CC(=O)N[C@H]1C[C@H](CC)C1. The van der Waals surface area contributed by atoms with Gasteiger partial charge in [0.2, 0.25) is 5.91 Å². The van der Waals surface area contributed by atoms with Gasteiger partial charge in [-0.25, -0.2) is 0 Å². The number of hydrogen-bond acceptors (Lipinski definition) is 1. The number of amides is 1. The Morgan fingerprint density at radius 2 is 2.36 bits per heavy atom. The molecular formula is C9H15NO. The summed E-state index contributed by atoms with van der Waals surface area (Å²) in [4.78, 5) is 10.8. The molecule has 0 unspecified atom stereocenters. The van der Waals surface area contributed by atoms with Crippen LogP contribution in [0, 0.1) is 5.92 Å². The van der Waals surface area contributed by atoms with Crippen LogP contribution in [0.3, 0.4) is 0 Å². The molecule has 0 heterocycles. The second kappa shape index (κ2) is 3.56. The van der Waals surface area contributed by atoms with Crippen LogP contribution in [0.4, 0.5) is 0 Å². The Labute approximate surface area is 67.7 Å². The van der Waals surface area contributed by atoms with Crippen molar-refractivity contribution in [2.24, 2.45) is 5.92 Å². The fraction of sp³-hybridized carbons (Fsp3) is 0.667. The summed E-state index contributed by atoms with van der Waals surface area (Å²) >= 11 is 0. The number of carbonyl (C=O) groups excluding carboxylic acids is 1. The summed E-state index contributed by atoms with van der Waals surface area (Å²) in [5, 5.41) is 2.87. The molecule has 1 rings (SSSR count). The molecule has 0 spiro atoms. The maximum atomic E-state index is 10.8. The van der Waals surface area contributed by atoms with Crippen molar-refractivity contribution in [1.29, 1.82) is 0 Å². The fourth-order valence-corrected chi connectivity index (χ4v) is 1.45. The second-order valence-corrected chi connectivity index (χ2v) is 3.16. The van der Waals surface area contributed by atoms with Crippen molar-refractivity contribution in [3.05, 3.63) is 12.7 Å². The molecule has 1 saturated carbocycles. The minimum absolute atomic E-state index is 0.0375. The molecule has 1 aliphatic rings. The molecule has 62 valence electrons. The van der Waals surface area contributed by atoms with Crippen LogP contribution in [0.5, 0.6) is 0 Å². The van der Waals surface area contributed by atoms with E-state index in [9.17, 15) is 4.79 Å². The van der Waals surface area contributed by atoms with Crippen LogP contribution in [0.2, 0.25) is 0 Å². The first-order valence-corrected chi connectivity index (χ1v) is 4.19. The van der Waals surface area contributed by atoms with Gasteiger partial charge in [-0.1, -0.05) is 19.9 Å². The van der Waals surface area contributed by atoms with E-state index in [0.717, 1.165) is 18.8 Å². The van der Waals surface area contributed by atoms with Crippen LogP contribution >= 0.6 is 0 Å². The third kappa shape index (κ3) is 2.07. The van der Waals surface area contributed by atoms with Gasteiger partial charge in [0.25, 0.3) is 0 Å². The van der Waals surface area contributed by atoms with Crippen molar-refractivity contribution in [3.8, 4) is 0 Å². The summed E-state index contributed by atoms with van der Waals surface area (Å²) in [6, 6.07) is 0.422. The average Bonchev–Trinajstić information content (AvgIpc) is 1.95. The van der Waals surface area contributed by atoms with Crippen LogP contribution in [0.25, 0.3) is 0 Å². The summed E-state index contributed by atoms with van der Waals surface area (Å²) < 4.78 is 0. The zero-order chi connectivity index (χ0) is 8.27. The van der Waals surface area contributed by atoms with E-state index in [0.29, 0.717) is 6.04 Å². The van der Waals surface area contributed by atoms with Crippen molar-refractivity contribution < 1.29 is 4.79 Å². The van der Waals surface area contributed by atoms with E-state index in [4.69, 9.17) is 0 Å². The van der Waals surface area contributed by atoms with Gasteiger partial charge in [0, 0.05) is 6.04 Å². The number of carbonyl (C=O) groups is 1. The predicted octanol–water partition coefficient (Wildman–Crippen LogP) is 1.48. The molecule has 11 heavy (non-hydrogen) atoms. The first-order valence-electron chi connectivity index (χ1n) is 4.19. The first-order chi connectivity index (χ1) is 5.26. The molecule has 2 nitrogen and oxygen atoms in total. The lowest BCUT2D eigenvalue weighted by atomic mass is 9.79.